The van der Waals surface area contributed by atoms with Gasteiger partial charge in [0.05, 0.1) is 0 Å². The Hall–Kier alpha value is -1.20. The van der Waals surface area contributed by atoms with Gasteiger partial charge in [-0.15, -0.1) is 0 Å². The minimum Gasteiger partial charge on any atom is -0.396 e. The van der Waals surface area contributed by atoms with Gasteiger partial charge in [0, 0.05) is 29.1 Å². The van der Waals surface area contributed by atoms with Crippen LogP contribution in [0.25, 0.3) is 11.3 Å². The summed E-state index contributed by atoms with van der Waals surface area (Å²) < 4.78 is 18.7. The van der Waals surface area contributed by atoms with Crippen molar-refractivity contribution < 1.29 is 14.0 Å². The van der Waals surface area contributed by atoms with Crippen LogP contribution in [0, 0.1) is 5.82 Å². The van der Waals surface area contributed by atoms with Crippen LogP contribution in [0.5, 0.6) is 0 Å². The van der Waals surface area contributed by atoms with E-state index in [1.54, 1.807) is 12.1 Å². The molecule has 0 aliphatic heterocycles. The van der Waals surface area contributed by atoms with Gasteiger partial charge in [-0.05, 0) is 40.5 Å². The van der Waals surface area contributed by atoms with Gasteiger partial charge < -0.3 is 9.63 Å². The molecule has 1 aromatic heterocycles. The van der Waals surface area contributed by atoms with Crippen LogP contribution in [0.15, 0.2) is 33.3 Å². The quantitative estimate of drug-likeness (QED) is 0.943. The van der Waals surface area contributed by atoms with Crippen molar-refractivity contribution in [3.63, 3.8) is 0 Å². The molecule has 0 aliphatic carbocycles. The van der Waals surface area contributed by atoms with E-state index in [0.29, 0.717) is 28.8 Å². The lowest BCUT2D eigenvalue weighted by Gasteiger charge is -1.99. The summed E-state index contributed by atoms with van der Waals surface area (Å²) in [5, 5.41) is 12.6. The number of aliphatic hydroxyl groups is 1. The number of aryl methyl sites for hydroxylation is 1. The molecule has 0 radical (unpaired) electrons. The molecule has 1 N–H and O–H groups in total. The van der Waals surface area contributed by atoms with E-state index < -0.39 is 0 Å². The first-order chi connectivity index (χ1) is 8.20. The molecule has 0 amide bonds. The van der Waals surface area contributed by atoms with E-state index in [9.17, 15) is 4.39 Å². The highest BCUT2D eigenvalue weighted by Gasteiger charge is 2.10. The molecule has 90 valence electrons. The summed E-state index contributed by atoms with van der Waals surface area (Å²) in [6.07, 6.45) is 1.28. The van der Waals surface area contributed by atoms with Gasteiger partial charge in [-0.25, -0.2) is 4.39 Å². The van der Waals surface area contributed by atoms with E-state index >= 15 is 0 Å². The van der Waals surface area contributed by atoms with E-state index in [-0.39, 0.29) is 12.4 Å². The van der Waals surface area contributed by atoms with Crippen molar-refractivity contribution >= 4 is 15.9 Å². The fourth-order valence-electron chi connectivity index (χ4n) is 1.51. The van der Waals surface area contributed by atoms with Crippen molar-refractivity contribution in [2.45, 2.75) is 12.8 Å². The van der Waals surface area contributed by atoms with Gasteiger partial charge in [0.1, 0.15) is 17.3 Å². The molecule has 1 heterocycles. The van der Waals surface area contributed by atoms with E-state index in [1.165, 1.54) is 12.1 Å². The fraction of sp³-hybridized carbons (Fsp3) is 0.250. The highest BCUT2D eigenvalue weighted by atomic mass is 79.9. The van der Waals surface area contributed by atoms with E-state index in [4.69, 9.17) is 9.63 Å². The SMILES string of the molecule is OCCCc1cc(-c2ccc(F)cc2Br)no1. The standard InChI is InChI=1S/C12H11BrFNO2/c13-11-6-8(14)3-4-10(11)12-7-9(17-15-12)2-1-5-16/h3-4,6-7,16H,1-2,5H2. The Bertz CT molecular complexity index is 513. The molecule has 2 rings (SSSR count). The summed E-state index contributed by atoms with van der Waals surface area (Å²) in [5.74, 6) is 0.412. The van der Waals surface area contributed by atoms with Crippen molar-refractivity contribution in [3.05, 3.63) is 40.3 Å². The first kappa shape index (κ1) is 12.3. The van der Waals surface area contributed by atoms with Gasteiger partial charge >= 0.3 is 0 Å². The molecule has 0 saturated carbocycles. The van der Waals surface area contributed by atoms with Gasteiger partial charge in [-0.3, -0.25) is 0 Å². The second-order valence-electron chi connectivity index (χ2n) is 3.63. The number of nitrogens with zero attached hydrogens (tertiary/aromatic N) is 1. The Labute approximate surface area is 106 Å². The van der Waals surface area contributed by atoms with Crippen LogP contribution in [-0.4, -0.2) is 16.9 Å². The maximum atomic E-state index is 12.9. The Morgan fingerprint density at radius 2 is 2.18 bits per heavy atom. The summed E-state index contributed by atoms with van der Waals surface area (Å²) in [5.41, 5.74) is 1.44. The molecule has 0 unspecified atom stereocenters. The zero-order valence-electron chi connectivity index (χ0n) is 8.99. The minimum absolute atomic E-state index is 0.121. The zero-order chi connectivity index (χ0) is 12.3. The first-order valence-electron chi connectivity index (χ1n) is 5.22. The predicted molar refractivity (Wildman–Crippen MR) is 65.0 cm³/mol. The molecular weight excluding hydrogens is 289 g/mol. The zero-order valence-corrected chi connectivity index (χ0v) is 10.6. The number of benzene rings is 1. The topological polar surface area (TPSA) is 46.3 Å². The average Bonchev–Trinajstić information content (AvgIpc) is 2.75. The number of halogens is 2. The summed E-state index contributed by atoms with van der Waals surface area (Å²) in [6, 6.07) is 6.21. The molecule has 2 aromatic rings. The average molecular weight is 300 g/mol. The third-order valence-corrected chi connectivity index (χ3v) is 3.00. The van der Waals surface area contributed by atoms with E-state index in [0.717, 1.165) is 5.56 Å². The largest absolute Gasteiger partial charge is 0.396 e. The number of aromatic nitrogens is 1. The Balaban J connectivity index is 2.24. The lowest BCUT2D eigenvalue weighted by atomic mass is 10.1. The normalized spacial score (nSPS) is 10.8. The van der Waals surface area contributed by atoms with Crippen LogP contribution in [0.3, 0.4) is 0 Å². The van der Waals surface area contributed by atoms with Gasteiger partial charge in [-0.2, -0.15) is 0 Å². The lowest BCUT2D eigenvalue weighted by molar-refractivity contribution is 0.280. The smallest absolute Gasteiger partial charge is 0.137 e. The maximum absolute atomic E-state index is 12.9. The van der Waals surface area contributed by atoms with Crippen molar-refractivity contribution in [1.82, 2.24) is 5.16 Å². The summed E-state index contributed by atoms with van der Waals surface area (Å²) >= 11 is 3.28. The number of hydrogen-bond donors (Lipinski definition) is 1. The molecule has 0 saturated heterocycles. The molecule has 5 heteroatoms. The van der Waals surface area contributed by atoms with Crippen LogP contribution in [0.4, 0.5) is 4.39 Å². The highest BCUT2D eigenvalue weighted by Crippen LogP contribution is 2.28. The first-order valence-corrected chi connectivity index (χ1v) is 6.02. The Morgan fingerprint density at radius 3 is 2.88 bits per heavy atom. The van der Waals surface area contributed by atoms with Crippen molar-refractivity contribution in [1.29, 1.82) is 0 Å². The number of hydrogen-bond acceptors (Lipinski definition) is 3. The van der Waals surface area contributed by atoms with Crippen molar-refractivity contribution in [3.8, 4) is 11.3 Å². The summed E-state index contributed by atoms with van der Waals surface area (Å²) in [7, 11) is 0. The van der Waals surface area contributed by atoms with E-state index in [1.807, 2.05) is 0 Å². The third-order valence-electron chi connectivity index (χ3n) is 2.35. The van der Waals surface area contributed by atoms with Gasteiger partial charge in [-0.1, -0.05) is 5.16 Å². The molecule has 0 fully saturated rings. The van der Waals surface area contributed by atoms with Crippen LogP contribution >= 0.6 is 15.9 Å². The monoisotopic (exact) mass is 299 g/mol. The maximum Gasteiger partial charge on any atom is 0.137 e. The van der Waals surface area contributed by atoms with Gasteiger partial charge in [0.15, 0.2) is 0 Å². The molecule has 0 spiro atoms. The van der Waals surface area contributed by atoms with Crippen LogP contribution in [-0.2, 0) is 6.42 Å². The molecule has 0 bridgehead atoms. The highest BCUT2D eigenvalue weighted by molar-refractivity contribution is 9.10. The Morgan fingerprint density at radius 1 is 1.35 bits per heavy atom. The molecular formula is C12H11BrFNO2. The fourth-order valence-corrected chi connectivity index (χ4v) is 2.06. The minimum atomic E-state index is -0.301. The van der Waals surface area contributed by atoms with Crippen LogP contribution < -0.4 is 0 Å². The molecule has 0 aliphatic rings. The second kappa shape index (κ2) is 5.42. The number of aliphatic hydroxyl groups excluding tert-OH is 1. The second-order valence-corrected chi connectivity index (χ2v) is 4.48. The van der Waals surface area contributed by atoms with Gasteiger partial charge in [0.2, 0.25) is 0 Å². The van der Waals surface area contributed by atoms with Crippen molar-refractivity contribution in [2.75, 3.05) is 6.61 Å². The molecule has 1 aromatic carbocycles. The molecule has 0 atom stereocenters. The summed E-state index contributed by atoms with van der Waals surface area (Å²) in [4.78, 5) is 0. The molecule has 3 nitrogen and oxygen atoms in total. The lowest BCUT2D eigenvalue weighted by Crippen LogP contribution is -1.86. The van der Waals surface area contributed by atoms with Gasteiger partial charge in [0.25, 0.3) is 0 Å². The third kappa shape index (κ3) is 2.92. The van der Waals surface area contributed by atoms with Crippen molar-refractivity contribution in [2.24, 2.45) is 0 Å². The number of rotatable bonds is 4. The van der Waals surface area contributed by atoms with Crippen LogP contribution in [0.2, 0.25) is 0 Å². The predicted octanol–water partition coefficient (Wildman–Crippen LogP) is 3.17. The summed E-state index contributed by atoms with van der Waals surface area (Å²) in [6.45, 7) is 0.121. The van der Waals surface area contributed by atoms with E-state index in [2.05, 4.69) is 21.1 Å². The molecule has 17 heavy (non-hydrogen) atoms. The Kier molecular flexibility index (Phi) is 3.91. The van der Waals surface area contributed by atoms with Crippen LogP contribution in [0.1, 0.15) is 12.2 Å².